The molecule has 0 atom stereocenters. The average molecular weight is 427 g/mol. The van der Waals surface area contributed by atoms with Crippen LogP contribution < -0.4 is 10.6 Å². The van der Waals surface area contributed by atoms with Gasteiger partial charge in [0.2, 0.25) is 10.0 Å². The molecule has 30 heavy (non-hydrogen) atoms. The second-order valence-electron chi connectivity index (χ2n) is 6.62. The van der Waals surface area contributed by atoms with Gasteiger partial charge in [0.15, 0.2) is 5.76 Å². The maximum atomic E-state index is 12.3. The van der Waals surface area contributed by atoms with Crippen LogP contribution in [-0.4, -0.2) is 38.6 Å². The SMILES string of the molecule is CN(C)S(=O)(=O)c1ccc(CNC(=O)c2ccc(NC(=O)c3ccco3)cc2)cc1. The van der Waals surface area contributed by atoms with E-state index in [1.54, 1.807) is 48.5 Å². The molecule has 0 spiro atoms. The third kappa shape index (κ3) is 4.94. The van der Waals surface area contributed by atoms with Crippen LogP contribution in [0.2, 0.25) is 0 Å². The van der Waals surface area contributed by atoms with Crippen molar-refractivity contribution in [1.82, 2.24) is 9.62 Å². The molecular weight excluding hydrogens is 406 g/mol. The number of rotatable bonds is 7. The molecule has 3 rings (SSSR count). The lowest BCUT2D eigenvalue weighted by molar-refractivity contribution is 0.0950. The molecular formula is C21H21N3O5S. The highest BCUT2D eigenvalue weighted by atomic mass is 32.2. The van der Waals surface area contributed by atoms with Gasteiger partial charge in [-0.15, -0.1) is 0 Å². The van der Waals surface area contributed by atoms with E-state index >= 15 is 0 Å². The zero-order valence-electron chi connectivity index (χ0n) is 16.5. The van der Waals surface area contributed by atoms with Crippen molar-refractivity contribution < 1.29 is 22.4 Å². The van der Waals surface area contributed by atoms with Gasteiger partial charge in [-0.25, -0.2) is 12.7 Å². The molecule has 0 saturated carbocycles. The Morgan fingerprint density at radius 3 is 2.17 bits per heavy atom. The minimum Gasteiger partial charge on any atom is -0.459 e. The van der Waals surface area contributed by atoms with Crippen molar-refractivity contribution in [3.05, 3.63) is 83.8 Å². The van der Waals surface area contributed by atoms with Gasteiger partial charge < -0.3 is 15.1 Å². The number of benzene rings is 2. The molecule has 3 aromatic rings. The number of nitrogens with zero attached hydrogens (tertiary/aromatic N) is 1. The Morgan fingerprint density at radius 2 is 1.60 bits per heavy atom. The third-order valence-corrected chi connectivity index (χ3v) is 6.13. The quantitative estimate of drug-likeness (QED) is 0.603. The number of amides is 2. The highest BCUT2D eigenvalue weighted by Crippen LogP contribution is 2.15. The lowest BCUT2D eigenvalue weighted by atomic mass is 10.1. The smallest absolute Gasteiger partial charge is 0.291 e. The van der Waals surface area contributed by atoms with Crippen LogP contribution >= 0.6 is 0 Å². The summed E-state index contributed by atoms with van der Waals surface area (Å²) in [5, 5.41) is 5.45. The van der Waals surface area contributed by atoms with E-state index < -0.39 is 10.0 Å². The van der Waals surface area contributed by atoms with Crippen LogP contribution in [0, 0.1) is 0 Å². The predicted molar refractivity (Wildman–Crippen MR) is 112 cm³/mol. The summed E-state index contributed by atoms with van der Waals surface area (Å²) in [5.74, 6) is -0.470. The summed E-state index contributed by atoms with van der Waals surface area (Å²) in [7, 11) is -0.546. The monoisotopic (exact) mass is 427 g/mol. The first-order chi connectivity index (χ1) is 14.3. The van der Waals surface area contributed by atoms with Crippen molar-refractivity contribution in [2.45, 2.75) is 11.4 Å². The van der Waals surface area contributed by atoms with E-state index in [1.165, 1.54) is 32.5 Å². The van der Waals surface area contributed by atoms with E-state index in [-0.39, 0.29) is 29.0 Å². The van der Waals surface area contributed by atoms with E-state index in [4.69, 9.17) is 4.42 Å². The summed E-state index contributed by atoms with van der Waals surface area (Å²) in [5.41, 5.74) is 1.73. The summed E-state index contributed by atoms with van der Waals surface area (Å²) in [6, 6.07) is 15.9. The van der Waals surface area contributed by atoms with Gasteiger partial charge in [0, 0.05) is 31.9 Å². The van der Waals surface area contributed by atoms with E-state index in [2.05, 4.69) is 10.6 Å². The average Bonchev–Trinajstić information content (AvgIpc) is 3.28. The van der Waals surface area contributed by atoms with Gasteiger partial charge in [0.05, 0.1) is 11.2 Å². The van der Waals surface area contributed by atoms with Gasteiger partial charge >= 0.3 is 0 Å². The largest absolute Gasteiger partial charge is 0.459 e. The van der Waals surface area contributed by atoms with Crippen molar-refractivity contribution in [2.75, 3.05) is 19.4 Å². The Bertz CT molecular complexity index is 1120. The van der Waals surface area contributed by atoms with Crippen molar-refractivity contribution in [2.24, 2.45) is 0 Å². The molecule has 0 bridgehead atoms. The molecule has 8 nitrogen and oxygen atoms in total. The van der Waals surface area contributed by atoms with Gasteiger partial charge in [-0.2, -0.15) is 0 Å². The first kappa shape index (κ1) is 21.3. The van der Waals surface area contributed by atoms with Crippen LogP contribution in [0.25, 0.3) is 0 Å². The summed E-state index contributed by atoms with van der Waals surface area (Å²) < 4.78 is 30.3. The van der Waals surface area contributed by atoms with Crippen molar-refractivity contribution >= 4 is 27.5 Å². The Kier molecular flexibility index (Phi) is 6.34. The summed E-state index contributed by atoms with van der Waals surface area (Å²) >= 11 is 0. The molecule has 2 N–H and O–H groups in total. The molecule has 2 aromatic carbocycles. The van der Waals surface area contributed by atoms with Crippen molar-refractivity contribution in [3.63, 3.8) is 0 Å². The van der Waals surface area contributed by atoms with Crippen molar-refractivity contribution in [3.8, 4) is 0 Å². The molecule has 0 aliphatic rings. The van der Waals surface area contributed by atoms with Crippen LogP contribution in [0.5, 0.6) is 0 Å². The number of furan rings is 1. The van der Waals surface area contributed by atoms with E-state index in [0.717, 1.165) is 9.87 Å². The maximum Gasteiger partial charge on any atom is 0.291 e. The highest BCUT2D eigenvalue weighted by Gasteiger charge is 2.16. The van der Waals surface area contributed by atoms with E-state index in [9.17, 15) is 18.0 Å². The molecule has 1 heterocycles. The zero-order chi connectivity index (χ0) is 21.7. The van der Waals surface area contributed by atoms with E-state index in [0.29, 0.717) is 11.3 Å². The predicted octanol–water partition coefficient (Wildman–Crippen LogP) is 2.71. The fraction of sp³-hybridized carbons (Fsp3) is 0.143. The normalized spacial score (nSPS) is 11.3. The van der Waals surface area contributed by atoms with Gasteiger partial charge in [0.25, 0.3) is 11.8 Å². The molecule has 0 saturated heterocycles. The van der Waals surface area contributed by atoms with Gasteiger partial charge in [-0.1, -0.05) is 12.1 Å². The topological polar surface area (TPSA) is 109 Å². The van der Waals surface area contributed by atoms with Crippen LogP contribution in [0.4, 0.5) is 5.69 Å². The standard InChI is InChI=1S/C21H21N3O5S/c1-24(2)30(27,28)18-11-5-15(6-12-18)14-22-20(25)16-7-9-17(10-8-16)23-21(26)19-4-3-13-29-19/h3-13H,14H2,1-2H3,(H,22,25)(H,23,26). The lowest BCUT2D eigenvalue weighted by Gasteiger charge is -2.12. The van der Waals surface area contributed by atoms with Crippen LogP contribution in [-0.2, 0) is 16.6 Å². The van der Waals surface area contributed by atoms with Crippen LogP contribution in [0.15, 0.2) is 76.2 Å². The third-order valence-electron chi connectivity index (χ3n) is 4.30. The minimum atomic E-state index is -3.48. The molecule has 156 valence electrons. The minimum absolute atomic E-state index is 0.190. The molecule has 0 unspecified atom stereocenters. The first-order valence-electron chi connectivity index (χ1n) is 9.02. The molecule has 2 amide bonds. The zero-order valence-corrected chi connectivity index (χ0v) is 17.3. The molecule has 9 heteroatoms. The Balaban J connectivity index is 1.56. The second-order valence-corrected chi connectivity index (χ2v) is 8.77. The number of carbonyl (C=O) groups excluding carboxylic acids is 2. The Hall–Kier alpha value is -3.43. The Morgan fingerprint density at radius 1 is 0.933 bits per heavy atom. The maximum absolute atomic E-state index is 12.3. The Labute approximate surface area is 174 Å². The first-order valence-corrected chi connectivity index (χ1v) is 10.5. The summed E-state index contributed by atoms with van der Waals surface area (Å²) in [4.78, 5) is 24.5. The molecule has 0 radical (unpaired) electrons. The molecule has 0 aliphatic heterocycles. The molecule has 1 aromatic heterocycles. The second kappa shape index (κ2) is 8.93. The number of hydrogen-bond acceptors (Lipinski definition) is 5. The molecule has 0 fully saturated rings. The fourth-order valence-electron chi connectivity index (χ4n) is 2.58. The number of nitrogens with one attached hydrogen (secondary N) is 2. The lowest BCUT2D eigenvalue weighted by Crippen LogP contribution is -2.23. The number of anilines is 1. The van der Waals surface area contributed by atoms with Crippen LogP contribution in [0.1, 0.15) is 26.5 Å². The van der Waals surface area contributed by atoms with Crippen molar-refractivity contribution in [1.29, 1.82) is 0 Å². The highest BCUT2D eigenvalue weighted by molar-refractivity contribution is 7.89. The fourth-order valence-corrected chi connectivity index (χ4v) is 3.48. The van der Waals surface area contributed by atoms with E-state index in [1.807, 2.05) is 0 Å². The number of hydrogen-bond donors (Lipinski definition) is 2. The van der Waals surface area contributed by atoms with Gasteiger partial charge in [-0.05, 0) is 54.1 Å². The van der Waals surface area contributed by atoms with Crippen LogP contribution in [0.3, 0.4) is 0 Å². The van der Waals surface area contributed by atoms with Gasteiger partial charge in [-0.3, -0.25) is 9.59 Å². The summed E-state index contributed by atoms with van der Waals surface area (Å²) in [6.45, 7) is 0.248. The number of sulfonamides is 1. The molecule has 0 aliphatic carbocycles. The summed E-state index contributed by atoms with van der Waals surface area (Å²) in [6.07, 6.45) is 1.41. The van der Waals surface area contributed by atoms with Gasteiger partial charge in [0.1, 0.15) is 0 Å². The number of carbonyl (C=O) groups is 2.